The van der Waals surface area contributed by atoms with Crippen LogP contribution in [0.15, 0.2) is 0 Å². The van der Waals surface area contributed by atoms with E-state index in [1.54, 1.807) is 14.1 Å². The number of hydrogen-bond acceptors (Lipinski definition) is 5. The molecule has 0 bridgehead atoms. The molecule has 1 saturated heterocycles. The topological polar surface area (TPSA) is 79.2 Å². The summed E-state index contributed by atoms with van der Waals surface area (Å²) in [6, 6.07) is 0. The van der Waals surface area contributed by atoms with Crippen molar-refractivity contribution in [3.05, 3.63) is 0 Å². The Morgan fingerprint density at radius 1 is 0.974 bits per heavy atom. The molecule has 2 spiro atoms. The minimum absolute atomic E-state index is 0.0192. The van der Waals surface area contributed by atoms with Gasteiger partial charge in [-0.1, -0.05) is 48.5 Å². The average Bonchev–Trinajstić information content (AvgIpc) is 3.49. The van der Waals surface area contributed by atoms with Gasteiger partial charge in [0.1, 0.15) is 6.10 Å². The second-order valence-electron chi connectivity index (χ2n) is 16.6. The Bertz CT molecular complexity index is 1010. The van der Waals surface area contributed by atoms with Crippen LogP contribution in [0.3, 0.4) is 0 Å². The van der Waals surface area contributed by atoms with E-state index in [4.69, 9.17) is 9.47 Å². The van der Waals surface area contributed by atoms with Crippen LogP contribution in [0.4, 0.5) is 4.79 Å². The maximum absolute atomic E-state index is 12.5. The Kier molecular flexibility index (Phi) is 6.23. The van der Waals surface area contributed by atoms with Gasteiger partial charge in [0.2, 0.25) is 0 Å². The Morgan fingerprint density at radius 2 is 1.62 bits per heavy atom. The highest BCUT2D eigenvalue weighted by Gasteiger charge is 2.84. The number of fused-ring (bicyclic) bond motifs is 4. The number of rotatable bonds is 3. The molecule has 1 amide bonds. The van der Waals surface area contributed by atoms with Gasteiger partial charge in [-0.15, -0.1) is 0 Å². The number of nitrogens with zero attached hydrogens (tertiary/aromatic N) is 1. The molecule has 39 heavy (non-hydrogen) atoms. The molecule has 0 unspecified atom stereocenters. The molecular weight excluding hydrogens is 490 g/mol. The van der Waals surface area contributed by atoms with Crippen LogP contribution in [0.2, 0.25) is 0 Å². The minimum atomic E-state index is -0.520. The van der Waals surface area contributed by atoms with Gasteiger partial charge in [0.05, 0.1) is 24.4 Å². The van der Waals surface area contributed by atoms with Crippen molar-refractivity contribution in [2.75, 3.05) is 14.1 Å². The first-order valence-electron chi connectivity index (χ1n) is 16.0. The van der Waals surface area contributed by atoms with E-state index in [9.17, 15) is 15.0 Å². The quantitative estimate of drug-likeness (QED) is 0.463. The van der Waals surface area contributed by atoms with Gasteiger partial charge in [-0.2, -0.15) is 0 Å². The monoisotopic (exact) mass is 545 g/mol. The van der Waals surface area contributed by atoms with Crippen LogP contribution < -0.4 is 0 Å². The lowest BCUT2D eigenvalue weighted by Crippen LogP contribution is -2.59. The highest BCUT2D eigenvalue weighted by molar-refractivity contribution is 5.67. The zero-order valence-corrected chi connectivity index (χ0v) is 26.0. The van der Waals surface area contributed by atoms with Crippen LogP contribution in [0.1, 0.15) is 99.8 Å². The van der Waals surface area contributed by atoms with E-state index in [1.807, 2.05) is 0 Å². The second kappa shape index (κ2) is 8.60. The summed E-state index contributed by atoms with van der Waals surface area (Å²) in [6.07, 6.45) is 7.13. The number of aliphatic hydroxyl groups excluding tert-OH is 2. The van der Waals surface area contributed by atoms with Crippen LogP contribution in [0.5, 0.6) is 0 Å². The number of hydrogen-bond donors (Lipinski definition) is 2. The molecule has 1 aliphatic heterocycles. The Morgan fingerprint density at radius 3 is 2.26 bits per heavy atom. The van der Waals surface area contributed by atoms with E-state index in [0.29, 0.717) is 34.5 Å². The number of ether oxygens (including phenoxy) is 2. The number of amides is 1. The van der Waals surface area contributed by atoms with E-state index in [1.165, 1.54) is 24.2 Å². The summed E-state index contributed by atoms with van der Waals surface area (Å²) < 4.78 is 12.9. The molecule has 0 radical (unpaired) electrons. The molecule has 0 aromatic heterocycles. The molecule has 0 aromatic carbocycles. The van der Waals surface area contributed by atoms with Crippen LogP contribution in [0, 0.1) is 56.7 Å². The average molecular weight is 546 g/mol. The molecular formula is C33H55NO5. The number of aliphatic hydroxyl groups is 2. The first-order valence-corrected chi connectivity index (χ1v) is 16.0. The summed E-state index contributed by atoms with van der Waals surface area (Å²) in [5, 5.41) is 23.4. The highest BCUT2D eigenvalue weighted by Crippen LogP contribution is 2.89. The molecule has 222 valence electrons. The predicted molar refractivity (Wildman–Crippen MR) is 151 cm³/mol. The fraction of sp³-hybridized carbons (Fsp3) is 0.970. The molecule has 5 aliphatic carbocycles. The zero-order valence-electron chi connectivity index (χ0n) is 26.0. The SMILES string of the molecule is CC(C)[C@@H](OC(=O)N(C)C)[C@H]1C[C@@H](C)[C@H]2[C@H](O1)[C@H](O)[C@@]1(C)[C@@H]3CC[C@H]4C(C)(C)[C@@H](O)CC[C@@]45C[C@@]35CC[C@]21C. The summed E-state index contributed by atoms with van der Waals surface area (Å²) in [5.41, 5.74) is 0.434. The zero-order chi connectivity index (χ0) is 28.5. The first-order chi connectivity index (χ1) is 18.1. The van der Waals surface area contributed by atoms with Crippen molar-refractivity contribution < 1.29 is 24.5 Å². The largest absolute Gasteiger partial charge is 0.443 e. The van der Waals surface area contributed by atoms with Gasteiger partial charge in [-0.3, -0.25) is 0 Å². The standard InChI is InChI=1S/C33H55NO5/c1-18(2)25(39-28(37)34(8)9)20-16-19(3)24-26(38-20)27(36)31(7)22-11-10-21-29(4,5)23(35)12-13-32(21)17-33(22,32)15-14-30(24,31)6/h18-27,35-36H,10-17H2,1-9H3/t19-,20-,21+,22+,23+,24+,25-,26+,27+,30-,31-,32-,33+/m1/s1. The van der Waals surface area contributed by atoms with Crippen LogP contribution in [-0.4, -0.2) is 65.8 Å². The maximum atomic E-state index is 12.5. The van der Waals surface area contributed by atoms with Crippen LogP contribution in [0.25, 0.3) is 0 Å². The van der Waals surface area contributed by atoms with E-state index in [2.05, 4.69) is 48.5 Å². The van der Waals surface area contributed by atoms with E-state index in [0.717, 1.165) is 32.1 Å². The predicted octanol–water partition coefficient (Wildman–Crippen LogP) is 5.88. The van der Waals surface area contributed by atoms with Crippen molar-refractivity contribution in [2.45, 2.75) is 130 Å². The van der Waals surface area contributed by atoms with Gasteiger partial charge in [-0.25, -0.2) is 4.79 Å². The van der Waals surface area contributed by atoms with Gasteiger partial charge in [0.15, 0.2) is 0 Å². The second-order valence-corrected chi connectivity index (χ2v) is 16.6. The van der Waals surface area contributed by atoms with Gasteiger partial charge >= 0.3 is 6.09 Å². The van der Waals surface area contributed by atoms with Crippen molar-refractivity contribution in [3.63, 3.8) is 0 Å². The van der Waals surface area contributed by atoms with Gasteiger partial charge < -0.3 is 24.6 Å². The molecule has 5 saturated carbocycles. The lowest BCUT2D eigenvalue weighted by Gasteiger charge is -2.63. The molecule has 0 aromatic rings. The maximum Gasteiger partial charge on any atom is 0.409 e. The third-order valence-corrected chi connectivity index (χ3v) is 14.4. The molecule has 6 aliphatic rings. The molecule has 6 rings (SSSR count). The minimum Gasteiger partial charge on any atom is -0.443 e. The van der Waals surface area contributed by atoms with Crippen molar-refractivity contribution >= 4 is 6.09 Å². The number of carbonyl (C=O) groups is 1. The number of carbonyl (C=O) groups excluding carboxylic acids is 1. The van der Waals surface area contributed by atoms with Gasteiger partial charge in [0.25, 0.3) is 0 Å². The molecule has 6 fully saturated rings. The molecule has 6 heteroatoms. The van der Waals surface area contributed by atoms with Crippen molar-refractivity contribution in [1.82, 2.24) is 4.90 Å². The van der Waals surface area contributed by atoms with Crippen molar-refractivity contribution in [1.29, 1.82) is 0 Å². The normalized spacial score (nSPS) is 53.9. The fourth-order valence-corrected chi connectivity index (χ4v) is 12.4. The summed E-state index contributed by atoms with van der Waals surface area (Å²) in [6.45, 7) is 16.1. The summed E-state index contributed by atoms with van der Waals surface area (Å²) in [7, 11) is 3.44. The third kappa shape index (κ3) is 3.34. The van der Waals surface area contributed by atoms with E-state index < -0.39 is 6.10 Å². The van der Waals surface area contributed by atoms with Crippen molar-refractivity contribution in [3.8, 4) is 0 Å². The summed E-state index contributed by atoms with van der Waals surface area (Å²) in [4.78, 5) is 14.0. The first kappa shape index (κ1) is 28.3. The van der Waals surface area contributed by atoms with Crippen LogP contribution >= 0.6 is 0 Å². The highest BCUT2D eigenvalue weighted by atomic mass is 16.6. The van der Waals surface area contributed by atoms with Crippen molar-refractivity contribution in [2.24, 2.45) is 56.7 Å². The van der Waals surface area contributed by atoms with E-state index in [-0.39, 0.29) is 52.7 Å². The lowest BCUT2D eigenvalue weighted by molar-refractivity contribution is -0.185. The molecule has 1 heterocycles. The molecule has 6 nitrogen and oxygen atoms in total. The van der Waals surface area contributed by atoms with Gasteiger partial charge in [0, 0.05) is 19.5 Å². The fourth-order valence-electron chi connectivity index (χ4n) is 12.4. The smallest absolute Gasteiger partial charge is 0.409 e. The summed E-state index contributed by atoms with van der Waals surface area (Å²) >= 11 is 0. The van der Waals surface area contributed by atoms with Gasteiger partial charge in [-0.05, 0) is 103 Å². The Labute approximate surface area is 236 Å². The lowest BCUT2D eigenvalue weighted by atomic mass is 9.41. The third-order valence-electron chi connectivity index (χ3n) is 14.4. The summed E-state index contributed by atoms with van der Waals surface area (Å²) in [5.74, 6) is 1.90. The molecule has 13 atom stereocenters. The van der Waals surface area contributed by atoms with Crippen LogP contribution in [-0.2, 0) is 9.47 Å². The Hall–Kier alpha value is -0.850. The van der Waals surface area contributed by atoms with E-state index >= 15 is 0 Å². The Balaban J connectivity index is 1.32. The molecule has 2 N–H and O–H groups in total.